The molecule has 1 rings (SSSR count). The fourth-order valence-electron chi connectivity index (χ4n) is 1.63. The first-order chi connectivity index (χ1) is 5.07. The van der Waals surface area contributed by atoms with Crippen molar-refractivity contribution >= 4 is 18.4 Å². The highest BCUT2D eigenvalue weighted by Gasteiger charge is 2.40. The molecule has 1 saturated carbocycles. The van der Waals surface area contributed by atoms with Crippen molar-refractivity contribution in [1.29, 1.82) is 0 Å². The van der Waals surface area contributed by atoms with E-state index in [9.17, 15) is 4.79 Å². The van der Waals surface area contributed by atoms with E-state index < -0.39 is 11.4 Å². The highest BCUT2D eigenvalue weighted by atomic mass is 35.5. The van der Waals surface area contributed by atoms with Crippen molar-refractivity contribution in [2.45, 2.75) is 38.6 Å². The van der Waals surface area contributed by atoms with Crippen LogP contribution in [0.3, 0.4) is 0 Å². The molecule has 72 valence electrons. The molecule has 12 heavy (non-hydrogen) atoms. The Hall–Kier alpha value is -0.280. The molecule has 0 amide bonds. The van der Waals surface area contributed by atoms with Crippen LogP contribution in [0.5, 0.6) is 0 Å². The van der Waals surface area contributed by atoms with Crippen LogP contribution in [-0.2, 0) is 4.79 Å². The second-order valence-electron chi connectivity index (χ2n) is 3.57. The Morgan fingerprint density at radius 3 is 2.50 bits per heavy atom. The number of aliphatic carboxylic acids is 1. The number of hydrogen-bond donors (Lipinski definition) is 2. The minimum Gasteiger partial charge on any atom is -0.481 e. The number of carboxylic acids is 1. The molecule has 1 aliphatic carbocycles. The van der Waals surface area contributed by atoms with Crippen LogP contribution < -0.4 is 5.73 Å². The lowest BCUT2D eigenvalue weighted by Crippen LogP contribution is -2.47. The molecular weight excluding hydrogens is 178 g/mol. The number of halogens is 1. The van der Waals surface area contributed by atoms with Gasteiger partial charge in [0.25, 0.3) is 0 Å². The van der Waals surface area contributed by atoms with Crippen LogP contribution in [0.2, 0.25) is 0 Å². The predicted octanol–water partition coefficient (Wildman–Crippen LogP) is 1.40. The van der Waals surface area contributed by atoms with Crippen LogP contribution in [0.15, 0.2) is 0 Å². The molecule has 0 aliphatic heterocycles. The SMILES string of the molecule is CC1(C(=O)O)CCCCC1N.Cl. The highest BCUT2D eigenvalue weighted by Crippen LogP contribution is 2.34. The Labute approximate surface area is 78.7 Å². The molecule has 0 saturated heterocycles. The summed E-state index contributed by atoms with van der Waals surface area (Å²) >= 11 is 0. The lowest BCUT2D eigenvalue weighted by molar-refractivity contribution is -0.150. The normalized spacial score (nSPS) is 35.3. The molecule has 4 heteroatoms. The van der Waals surface area contributed by atoms with Gasteiger partial charge in [-0.2, -0.15) is 0 Å². The summed E-state index contributed by atoms with van der Waals surface area (Å²) < 4.78 is 0. The second kappa shape index (κ2) is 4.10. The summed E-state index contributed by atoms with van der Waals surface area (Å²) in [5, 5.41) is 8.89. The topological polar surface area (TPSA) is 63.3 Å². The minimum atomic E-state index is -0.746. The van der Waals surface area contributed by atoms with Gasteiger partial charge in [0.15, 0.2) is 0 Å². The van der Waals surface area contributed by atoms with E-state index in [2.05, 4.69) is 0 Å². The zero-order valence-electron chi connectivity index (χ0n) is 7.25. The first-order valence-corrected chi connectivity index (χ1v) is 4.06. The van der Waals surface area contributed by atoms with Crippen molar-refractivity contribution in [3.63, 3.8) is 0 Å². The summed E-state index contributed by atoms with van der Waals surface area (Å²) in [7, 11) is 0. The van der Waals surface area contributed by atoms with Gasteiger partial charge < -0.3 is 10.8 Å². The third-order valence-electron chi connectivity index (χ3n) is 2.77. The average molecular weight is 194 g/mol. The van der Waals surface area contributed by atoms with Gasteiger partial charge in [-0.25, -0.2) is 0 Å². The first-order valence-electron chi connectivity index (χ1n) is 4.06. The quantitative estimate of drug-likeness (QED) is 0.662. The van der Waals surface area contributed by atoms with E-state index in [1.807, 2.05) is 0 Å². The average Bonchev–Trinajstić information content (AvgIpc) is 1.95. The molecule has 0 aromatic heterocycles. The van der Waals surface area contributed by atoms with Crippen molar-refractivity contribution in [2.75, 3.05) is 0 Å². The van der Waals surface area contributed by atoms with E-state index in [1.54, 1.807) is 6.92 Å². The Bertz CT molecular complexity index is 174. The smallest absolute Gasteiger partial charge is 0.310 e. The molecule has 0 radical (unpaired) electrons. The van der Waals surface area contributed by atoms with Crippen LogP contribution in [-0.4, -0.2) is 17.1 Å². The lowest BCUT2D eigenvalue weighted by atomic mass is 9.72. The van der Waals surface area contributed by atoms with Gasteiger partial charge in [-0.1, -0.05) is 12.8 Å². The summed E-state index contributed by atoms with van der Waals surface area (Å²) in [5.74, 6) is -0.746. The van der Waals surface area contributed by atoms with E-state index in [-0.39, 0.29) is 18.4 Å². The monoisotopic (exact) mass is 193 g/mol. The molecule has 0 aromatic rings. The van der Waals surface area contributed by atoms with Gasteiger partial charge in [0.1, 0.15) is 0 Å². The van der Waals surface area contributed by atoms with Crippen LogP contribution in [0, 0.1) is 5.41 Å². The Balaban J connectivity index is 0.00000121. The molecule has 0 heterocycles. The number of hydrogen-bond acceptors (Lipinski definition) is 2. The standard InChI is InChI=1S/C8H15NO2.ClH/c1-8(7(10)11)5-3-2-4-6(8)9;/h6H,2-5,9H2,1H3,(H,10,11);1H. The van der Waals surface area contributed by atoms with Crippen molar-refractivity contribution < 1.29 is 9.90 Å². The molecule has 1 aliphatic rings. The molecule has 0 bridgehead atoms. The van der Waals surface area contributed by atoms with Gasteiger partial charge in [-0.3, -0.25) is 4.79 Å². The third-order valence-corrected chi connectivity index (χ3v) is 2.77. The maximum Gasteiger partial charge on any atom is 0.310 e. The van der Waals surface area contributed by atoms with Gasteiger partial charge in [-0.15, -0.1) is 12.4 Å². The van der Waals surface area contributed by atoms with E-state index in [1.165, 1.54) is 0 Å². The Morgan fingerprint density at radius 2 is 2.17 bits per heavy atom. The molecular formula is C8H16ClNO2. The molecule has 1 fully saturated rings. The number of nitrogens with two attached hydrogens (primary N) is 1. The van der Waals surface area contributed by atoms with Gasteiger partial charge in [-0.05, 0) is 19.8 Å². The second-order valence-corrected chi connectivity index (χ2v) is 3.57. The summed E-state index contributed by atoms with van der Waals surface area (Å²) in [6.07, 6.45) is 3.65. The summed E-state index contributed by atoms with van der Waals surface area (Å²) in [6, 6.07) is -0.159. The van der Waals surface area contributed by atoms with Gasteiger partial charge >= 0.3 is 5.97 Å². The van der Waals surface area contributed by atoms with Crippen LogP contribution in [0.25, 0.3) is 0 Å². The van der Waals surface area contributed by atoms with E-state index in [0.29, 0.717) is 0 Å². The van der Waals surface area contributed by atoms with Gasteiger partial charge in [0.05, 0.1) is 5.41 Å². The number of carbonyl (C=O) groups is 1. The molecule has 3 N–H and O–H groups in total. The first kappa shape index (κ1) is 11.7. The zero-order valence-corrected chi connectivity index (χ0v) is 8.06. The Morgan fingerprint density at radius 1 is 1.58 bits per heavy atom. The largest absolute Gasteiger partial charge is 0.481 e. The van der Waals surface area contributed by atoms with Crippen molar-refractivity contribution in [2.24, 2.45) is 11.1 Å². The van der Waals surface area contributed by atoms with Gasteiger partial charge in [0.2, 0.25) is 0 Å². The fraction of sp³-hybridized carbons (Fsp3) is 0.875. The van der Waals surface area contributed by atoms with E-state index in [0.717, 1.165) is 25.7 Å². The Kier molecular flexibility index (Phi) is 4.00. The van der Waals surface area contributed by atoms with Crippen LogP contribution >= 0.6 is 12.4 Å². The molecule has 0 aromatic carbocycles. The summed E-state index contributed by atoms with van der Waals surface area (Å²) in [5.41, 5.74) is 5.06. The van der Waals surface area contributed by atoms with Crippen molar-refractivity contribution in [3.8, 4) is 0 Å². The number of rotatable bonds is 1. The molecule has 2 atom stereocenters. The molecule has 0 spiro atoms. The molecule has 2 unspecified atom stereocenters. The van der Waals surface area contributed by atoms with Crippen LogP contribution in [0.1, 0.15) is 32.6 Å². The van der Waals surface area contributed by atoms with Gasteiger partial charge in [0, 0.05) is 6.04 Å². The van der Waals surface area contributed by atoms with Crippen LogP contribution in [0.4, 0.5) is 0 Å². The predicted molar refractivity (Wildman–Crippen MR) is 49.4 cm³/mol. The maximum absolute atomic E-state index is 10.8. The van der Waals surface area contributed by atoms with Crippen molar-refractivity contribution in [1.82, 2.24) is 0 Å². The minimum absolute atomic E-state index is 0. The number of carboxylic acid groups (broad SMARTS) is 1. The molecule has 3 nitrogen and oxygen atoms in total. The van der Waals surface area contributed by atoms with Crippen molar-refractivity contribution in [3.05, 3.63) is 0 Å². The lowest BCUT2D eigenvalue weighted by Gasteiger charge is -2.35. The van der Waals surface area contributed by atoms with E-state index >= 15 is 0 Å². The third kappa shape index (κ3) is 1.90. The summed E-state index contributed by atoms with van der Waals surface area (Å²) in [6.45, 7) is 1.75. The highest BCUT2D eigenvalue weighted by molar-refractivity contribution is 5.85. The zero-order chi connectivity index (χ0) is 8.48. The maximum atomic E-state index is 10.8. The van der Waals surface area contributed by atoms with E-state index in [4.69, 9.17) is 10.8 Å². The fourth-order valence-corrected chi connectivity index (χ4v) is 1.63. The summed E-state index contributed by atoms with van der Waals surface area (Å²) in [4.78, 5) is 10.8.